The minimum absolute atomic E-state index is 0.0349. The number of ether oxygens (including phenoxy) is 6. The SMILES string of the molecule is COc1cc(COc2ccc3cc(CN(c4cc(-c5cc(OC6CCOCC6)c6ncnc(C)c6c5)cnc4OC)S(=O)(=O)c4ccc(F)cc4F)c(=O)oc3c2)c([N+](=O)[O-])cc1OC. The zero-order chi connectivity index (χ0) is 46.0. The Morgan fingerprint density at radius 2 is 1.63 bits per heavy atom. The fourth-order valence-electron chi connectivity index (χ4n) is 7.37. The molecular formula is C45H39F2N5O12S. The van der Waals surface area contributed by atoms with Crippen molar-refractivity contribution in [3.05, 3.63) is 134 Å². The molecule has 1 fully saturated rings. The van der Waals surface area contributed by atoms with Crippen LogP contribution in [0.4, 0.5) is 20.2 Å². The summed E-state index contributed by atoms with van der Waals surface area (Å²) in [5.41, 5.74) is 0.701. The summed E-state index contributed by atoms with van der Waals surface area (Å²) in [7, 11) is -0.980. The van der Waals surface area contributed by atoms with Crippen LogP contribution in [0, 0.1) is 28.7 Å². The smallest absolute Gasteiger partial charge is 0.341 e. The molecule has 0 aliphatic carbocycles. The Hall–Kier alpha value is -7.45. The van der Waals surface area contributed by atoms with Gasteiger partial charge in [-0.25, -0.2) is 36.9 Å². The second kappa shape index (κ2) is 18.3. The minimum atomic E-state index is -4.98. The molecule has 1 aliphatic heterocycles. The van der Waals surface area contributed by atoms with Gasteiger partial charge in [-0.2, -0.15) is 0 Å². The van der Waals surface area contributed by atoms with Crippen LogP contribution in [0.5, 0.6) is 28.9 Å². The highest BCUT2D eigenvalue weighted by Crippen LogP contribution is 2.40. The third-order valence-corrected chi connectivity index (χ3v) is 12.5. The summed E-state index contributed by atoms with van der Waals surface area (Å²) in [5.74, 6) is -1.56. The number of hydrogen-bond acceptors (Lipinski definition) is 15. The highest BCUT2D eigenvalue weighted by Gasteiger charge is 2.33. The maximum absolute atomic E-state index is 15.5. The third kappa shape index (κ3) is 9.02. The summed E-state index contributed by atoms with van der Waals surface area (Å²) < 4.78 is 99.3. The number of rotatable bonds is 15. The Morgan fingerprint density at radius 3 is 2.35 bits per heavy atom. The van der Waals surface area contributed by atoms with E-state index in [1.54, 1.807) is 12.1 Å². The average Bonchev–Trinajstić information content (AvgIpc) is 3.29. The number of aryl methyl sites for hydroxylation is 1. The number of methoxy groups -OCH3 is 3. The van der Waals surface area contributed by atoms with Gasteiger partial charge < -0.3 is 32.8 Å². The molecule has 0 atom stereocenters. The van der Waals surface area contributed by atoms with Crippen LogP contribution in [0.3, 0.4) is 0 Å². The van der Waals surface area contributed by atoms with Crippen molar-refractivity contribution in [2.24, 2.45) is 0 Å². The maximum Gasteiger partial charge on any atom is 0.341 e. The highest BCUT2D eigenvalue weighted by molar-refractivity contribution is 7.92. The van der Waals surface area contributed by atoms with Crippen molar-refractivity contribution in [1.82, 2.24) is 15.0 Å². The monoisotopic (exact) mass is 911 g/mol. The molecule has 1 saturated heterocycles. The van der Waals surface area contributed by atoms with Crippen LogP contribution in [0.1, 0.15) is 29.7 Å². The normalized spacial score (nSPS) is 13.1. The van der Waals surface area contributed by atoms with Crippen molar-refractivity contribution in [2.45, 2.75) is 43.9 Å². The fraction of sp³-hybridized carbons (Fsp3) is 0.244. The van der Waals surface area contributed by atoms with Gasteiger partial charge in [0.05, 0.1) is 63.2 Å². The minimum Gasteiger partial charge on any atom is -0.493 e. The lowest BCUT2D eigenvalue weighted by molar-refractivity contribution is -0.385. The molecule has 336 valence electrons. The lowest BCUT2D eigenvalue weighted by Crippen LogP contribution is -2.33. The first-order valence-electron chi connectivity index (χ1n) is 19.9. The van der Waals surface area contributed by atoms with Crippen molar-refractivity contribution in [3.8, 4) is 40.0 Å². The third-order valence-electron chi connectivity index (χ3n) is 10.7. The number of sulfonamides is 1. The van der Waals surface area contributed by atoms with Crippen LogP contribution in [-0.4, -0.2) is 68.9 Å². The molecule has 4 heterocycles. The molecule has 17 nitrogen and oxygen atoms in total. The number of nitro benzene ring substituents is 1. The Kier molecular flexibility index (Phi) is 12.5. The van der Waals surface area contributed by atoms with Crippen molar-refractivity contribution >= 4 is 43.3 Å². The second-order valence-corrected chi connectivity index (χ2v) is 16.6. The van der Waals surface area contributed by atoms with Gasteiger partial charge in [0.1, 0.15) is 63.9 Å². The van der Waals surface area contributed by atoms with Crippen molar-refractivity contribution in [1.29, 1.82) is 0 Å². The molecule has 65 heavy (non-hydrogen) atoms. The number of hydrogen-bond donors (Lipinski definition) is 0. The van der Waals surface area contributed by atoms with Gasteiger partial charge in [0.15, 0.2) is 11.5 Å². The van der Waals surface area contributed by atoms with Crippen LogP contribution >= 0.6 is 0 Å². The van der Waals surface area contributed by atoms with E-state index in [-0.39, 0.29) is 63.9 Å². The van der Waals surface area contributed by atoms with Crippen molar-refractivity contribution < 1.29 is 55.0 Å². The van der Waals surface area contributed by atoms with Gasteiger partial charge in [0, 0.05) is 53.2 Å². The topological polar surface area (TPSA) is 205 Å². The van der Waals surface area contributed by atoms with Crippen LogP contribution in [0.25, 0.3) is 33.0 Å². The quantitative estimate of drug-likeness (QED) is 0.0546. The largest absolute Gasteiger partial charge is 0.493 e. The van der Waals surface area contributed by atoms with Crippen molar-refractivity contribution in [3.63, 3.8) is 0 Å². The predicted molar refractivity (Wildman–Crippen MR) is 231 cm³/mol. The molecule has 4 aromatic carbocycles. The van der Waals surface area contributed by atoms with E-state index >= 15 is 4.39 Å². The molecule has 20 heteroatoms. The van der Waals surface area contributed by atoms with Gasteiger partial charge in [-0.1, -0.05) is 0 Å². The van der Waals surface area contributed by atoms with Crippen LogP contribution in [0.15, 0.2) is 99.4 Å². The number of nitro groups is 1. The first-order valence-corrected chi connectivity index (χ1v) is 21.3. The number of aromatic nitrogens is 3. The number of anilines is 1. The van der Waals surface area contributed by atoms with E-state index in [1.807, 2.05) is 6.92 Å². The number of nitrogens with zero attached hydrogens (tertiary/aromatic N) is 5. The summed E-state index contributed by atoms with van der Waals surface area (Å²) >= 11 is 0. The average molecular weight is 912 g/mol. The van der Waals surface area contributed by atoms with Gasteiger partial charge in [-0.15, -0.1) is 0 Å². The van der Waals surface area contributed by atoms with E-state index in [4.69, 9.17) is 32.8 Å². The van der Waals surface area contributed by atoms with Gasteiger partial charge >= 0.3 is 5.63 Å². The summed E-state index contributed by atoms with van der Waals surface area (Å²) in [6.07, 6.45) is 4.04. The fourth-order valence-corrected chi connectivity index (χ4v) is 8.85. The molecule has 0 bridgehead atoms. The molecule has 7 aromatic rings. The predicted octanol–water partition coefficient (Wildman–Crippen LogP) is 7.85. The van der Waals surface area contributed by atoms with Crippen LogP contribution in [0.2, 0.25) is 0 Å². The van der Waals surface area contributed by atoms with E-state index in [0.717, 1.165) is 16.4 Å². The molecular weight excluding hydrogens is 873 g/mol. The summed E-state index contributed by atoms with van der Waals surface area (Å²) in [5, 5.41) is 12.8. The van der Waals surface area contributed by atoms with Crippen LogP contribution in [-0.2, 0) is 27.9 Å². The molecule has 0 N–H and O–H groups in total. The first-order chi connectivity index (χ1) is 31.3. The number of pyridine rings is 1. The Labute approximate surface area is 369 Å². The first kappa shape index (κ1) is 44.2. The van der Waals surface area contributed by atoms with Crippen LogP contribution < -0.4 is 33.6 Å². The number of benzene rings is 4. The zero-order valence-corrected chi connectivity index (χ0v) is 36.0. The van der Waals surface area contributed by atoms with E-state index in [1.165, 1.54) is 76.3 Å². The summed E-state index contributed by atoms with van der Waals surface area (Å²) in [6, 6.07) is 15.5. The molecule has 0 saturated carbocycles. The summed E-state index contributed by atoms with van der Waals surface area (Å²) in [4.78, 5) is 37.4. The zero-order valence-electron chi connectivity index (χ0n) is 35.2. The van der Waals surface area contributed by atoms with E-state index in [2.05, 4.69) is 15.0 Å². The molecule has 0 radical (unpaired) electrons. The van der Waals surface area contributed by atoms with Crippen molar-refractivity contribution in [2.75, 3.05) is 38.8 Å². The second-order valence-electron chi connectivity index (χ2n) is 14.7. The molecule has 8 rings (SSSR count). The molecule has 3 aromatic heterocycles. The van der Waals surface area contributed by atoms with E-state index in [0.29, 0.717) is 71.0 Å². The molecule has 0 amide bonds. The van der Waals surface area contributed by atoms with Gasteiger partial charge in [0.2, 0.25) is 5.88 Å². The Morgan fingerprint density at radius 1 is 0.862 bits per heavy atom. The lowest BCUT2D eigenvalue weighted by Gasteiger charge is -2.26. The van der Waals surface area contributed by atoms with Gasteiger partial charge in [-0.3, -0.25) is 14.4 Å². The molecule has 0 unspecified atom stereocenters. The summed E-state index contributed by atoms with van der Waals surface area (Å²) in [6.45, 7) is 1.86. The Bertz CT molecular complexity index is 3150. The van der Waals surface area contributed by atoms with Gasteiger partial charge in [-0.05, 0) is 67.1 Å². The molecule has 1 aliphatic rings. The van der Waals surface area contributed by atoms with E-state index < -0.39 is 43.6 Å². The van der Waals surface area contributed by atoms with Gasteiger partial charge in [0.25, 0.3) is 15.7 Å². The highest BCUT2D eigenvalue weighted by atomic mass is 32.2. The molecule has 0 spiro atoms. The maximum atomic E-state index is 15.5. The number of halogens is 2. The number of fused-ring (bicyclic) bond motifs is 2. The Balaban J connectivity index is 1.19. The standard InChI is InChI=1S/C45H39F2N5O12S/c1-25-34-14-27(16-41(43(34)50-24-49-25)63-32-9-11-61-12-10-32)28-15-37(44(60-4)48-21-28)51(65(56,57)42-8-6-31(46)18-35(42)47)22-29-13-26-5-7-33(19-38(26)64-45(29)53)62-23-30-17-39(58-2)40(59-3)20-36(30)52(54)55/h5-8,13-21,24,32H,9-12,22-23H2,1-4H3. The lowest BCUT2D eigenvalue weighted by atomic mass is 10.0. The van der Waals surface area contributed by atoms with E-state index in [9.17, 15) is 27.7 Å².